The first kappa shape index (κ1) is 15.0. The van der Waals surface area contributed by atoms with Crippen LogP contribution in [0.2, 0.25) is 4.34 Å². The van der Waals surface area contributed by atoms with Gasteiger partial charge in [0.05, 0.1) is 10.4 Å². The molecule has 1 rings (SSSR count). The molecule has 17 heavy (non-hydrogen) atoms. The van der Waals surface area contributed by atoms with E-state index in [1.165, 1.54) is 4.88 Å². The molecule has 1 heterocycles. The van der Waals surface area contributed by atoms with Gasteiger partial charge in [-0.05, 0) is 38.4 Å². The summed E-state index contributed by atoms with van der Waals surface area (Å²) in [5.41, 5.74) is 0. The van der Waals surface area contributed by atoms with Crippen molar-refractivity contribution in [2.75, 3.05) is 13.7 Å². The number of thiophene rings is 1. The number of nitrogens with one attached hydrogen (secondary N) is 1. The third-order valence-electron chi connectivity index (χ3n) is 2.83. The first-order valence-electron chi connectivity index (χ1n) is 6.11. The number of rotatable bonds is 7. The van der Waals surface area contributed by atoms with Crippen molar-refractivity contribution in [3.63, 3.8) is 0 Å². The first-order valence-corrected chi connectivity index (χ1v) is 7.31. The van der Waals surface area contributed by atoms with E-state index in [1.54, 1.807) is 11.3 Å². The topological polar surface area (TPSA) is 21.3 Å². The Kier molecular flexibility index (Phi) is 6.49. The number of hydrogen-bond donors (Lipinski definition) is 1. The van der Waals surface area contributed by atoms with E-state index in [4.69, 9.17) is 16.3 Å². The van der Waals surface area contributed by atoms with Crippen LogP contribution in [0.15, 0.2) is 12.1 Å². The van der Waals surface area contributed by atoms with Gasteiger partial charge in [-0.1, -0.05) is 25.4 Å². The van der Waals surface area contributed by atoms with Crippen molar-refractivity contribution in [2.45, 2.75) is 39.3 Å². The Morgan fingerprint density at radius 2 is 2.12 bits per heavy atom. The maximum atomic E-state index is 5.96. The van der Waals surface area contributed by atoms with E-state index < -0.39 is 0 Å². The van der Waals surface area contributed by atoms with Crippen molar-refractivity contribution < 1.29 is 4.74 Å². The maximum absolute atomic E-state index is 5.96. The van der Waals surface area contributed by atoms with Gasteiger partial charge in [-0.25, -0.2) is 0 Å². The van der Waals surface area contributed by atoms with E-state index in [1.807, 2.05) is 20.0 Å². The molecule has 2 nitrogen and oxygen atoms in total. The lowest BCUT2D eigenvalue weighted by molar-refractivity contribution is 0.00553. The summed E-state index contributed by atoms with van der Waals surface area (Å²) in [5.74, 6) is 0.503. The van der Waals surface area contributed by atoms with Gasteiger partial charge in [-0.15, -0.1) is 11.3 Å². The van der Waals surface area contributed by atoms with E-state index in [0.29, 0.717) is 12.0 Å². The fourth-order valence-corrected chi connectivity index (χ4v) is 3.17. The van der Waals surface area contributed by atoms with Crippen molar-refractivity contribution >= 4 is 22.9 Å². The average molecular weight is 276 g/mol. The summed E-state index contributed by atoms with van der Waals surface area (Å²) >= 11 is 7.61. The fourth-order valence-electron chi connectivity index (χ4n) is 2.03. The minimum absolute atomic E-state index is 0.242. The Hall–Kier alpha value is -0.0900. The van der Waals surface area contributed by atoms with Crippen LogP contribution in [0.4, 0.5) is 0 Å². The molecule has 0 radical (unpaired) electrons. The molecule has 1 aromatic heterocycles. The minimum Gasteiger partial charge on any atom is -0.377 e. The fraction of sp³-hybridized carbons (Fsp3) is 0.692. The number of ether oxygens (including phenoxy) is 1. The average Bonchev–Trinajstić information content (AvgIpc) is 2.68. The zero-order chi connectivity index (χ0) is 12.8. The Bertz CT molecular complexity index is 327. The molecule has 0 fully saturated rings. The monoisotopic (exact) mass is 275 g/mol. The van der Waals surface area contributed by atoms with E-state index >= 15 is 0 Å². The van der Waals surface area contributed by atoms with Gasteiger partial charge in [0.15, 0.2) is 0 Å². The molecule has 0 saturated heterocycles. The highest BCUT2D eigenvalue weighted by Gasteiger charge is 2.24. The lowest BCUT2D eigenvalue weighted by Gasteiger charge is -2.29. The van der Waals surface area contributed by atoms with Gasteiger partial charge in [-0.2, -0.15) is 0 Å². The maximum Gasteiger partial charge on any atom is 0.0931 e. The number of likely N-dealkylation sites (N-methyl/N-ethyl adjacent to an activating group) is 1. The molecule has 4 heteroatoms. The molecule has 0 spiro atoms. The summed E-state index contributed by atoms with van der Waals surface area (Å²) in [4.78, 5) is 1.31. The Balaban J connectivity index is 2.68. The highest BCUT2D eigenvalue weighted by atomic mass is 35.5. The van der Waals surface area contributed by atoms with E-state index in [2.05, 4.69) is 25.2 Å². The van der Waals surface area contributed by atoms with Gasteiger partial charge in [0.2, 0.25) is 0 Å². The van der Waals surface area contributed by atoms with Gasteiger partial charge < -0.3 is 10.1 Å². The SMILES string of the molecule is CCOC(C(C)C)C(Cc1ccc(Cl)s1)NC. The molecule has 0 amide bonds. The van der Waals surface area contributed by atoms with Gasteiger partial charge >= 0.3 is 0 Å². The molecule has 0 aromatic carbocycles. The van der Waals surface area contributed by atoms with Crippen LogP contribution in [0.25, 0.3) is 0 Å². The van der Waals surface area contributed by atoms with Crippen LogP contribution in [0.3, 0.4) is 0 Å². The molecular formula is C13H22ClNOS. The van der Waals surface area contributed by atoms with Crippen molar-refractivity contribution in [3.8, 4) is 0 Å². The third kappa shape index (κ3) is 4.59. The summed E-state index contributed by atoms with van der Waals surface area (Å²) in [5, 5.41) is 3.36. The number of hydrogen-bond acceptors (Lipinski definition) is 3. The smallest absolute Gasteiger partial charge is 0.0931 e. The molecule has 0 saturated carbocycles. The molecule has 1 N–H and O–H groups in total. The Morgan fingerprint density at radius 3 is 2.53 bits per heavy atom. The van der Waals surface area contributed by atoms with Crippen molar-refractivity contribution in [1.82, 2.24) is 5.32 Å². The Morgan fingerprint density at radius 1 is 1.41 bits per heavy atom. The summed E-state index contributed by atoms with van der Waals surface area (Å²) < 4.78 is 6.70. The van der Waals surface area contributed by atoms with Gasteiger partial charge in [-0.3, -0.25) is 0 Å². The molecule has 0 aliphatic rings. The zero-order valence-electron chi connectivity index (χ0n) is 11.0. The molecule has 0 aliphatic carbocycles. The lowest BCUT2D eigenvalue weighted by Crippen LogP contribution is -2.44. The highest BCUT2D eigenvalue weighted by Crippen LogP contribution is 2.24. The molecular weight excluding hydrogens is 254 g/mol. The normalized spacial score (nSPS) is 15.2. The highest BCUT2D eigenvalue weighted by molar-refractivity contribution is 7.16. The van der Waals surface area contributed by atoms with Crippen molar-refractivity contribution in [2.24, 2.45) is 5.92 Å². The lowest BCUT2D eigenvalue weighted by atomic mass is 9.96. The summed E-state index contributed by atoms with van der Waals surface area (Å²) in [6.45, 7) is 7.20. The minimum atomic E-state index is 0.242. The molecule has 0 bridgehead atoms. The quantitative estimate of drug-likeness (QED) is 0.821. The van der Waals surface area contributed by atoms with E-state index in [9.17, 15) is 0 Å². The largest absolute Gasteiger partial charge is 0.377 e. The standard InChI is InChI=1S/C13H22ClNOS/c1-5-16-13(9(2)3)11(15-4)8-10-6-7-12(14)17-10/h6-7,9,11,13,15H,5,8H2,1-4H3. The van der Waals surface area contributed by atoms with Crippen LogP contribution in [0, 0.1) is 5.92 Å². The molecule has 2 unspecified atom stereocenters. The first-order chi connectivity index (χ1) is 8.08. The third-order valence-corrected chi connectivity index (χ3v) is 4.09. The van der Waals surface area contributed by atoms with Crippen LogP contribution in [0.5, 0.6) is 0 Å². The molecule has 2 atom stereocenters. The Labute approximate surface area is 113 Å². The van der Waals surface area contributed by atoms with Gasteiger partial charge in [0, 0.05) is 17.5 Å². The summed E-state index contributed by atoms with van der Waals surface area (Å²) in [7, 11) is 1.99. The van der Waals surface area contributed by atoms with Crippen molar-refractivity contribution in [3.05, 3.63) is 21.3 Å². The van der Waals surface area contributed by atoms with Gasteiger partial charge in [0.25, 0.3) is 0 Å². The molecule has 0 aliphatic heterocycles. The zero-order valence-corrected chi connectivity index (χ0v) is 12.6. The summed E-state index contributed by atoms with van der Waals surface area (Å²) in [6, 6.07) is 4.39. The van der Waals surface area contributed by atoms with Gasteiger partial charge in [0.1, 0.15) is 0 Å². The molecule has 1 aromatic rings. The van der Waals surface area contributed by atoms with Crippen LogP contribution in [-0.4, -0.2) is 25.8 Å². The van der Waals surface area contributed by atoms with Crippen LogP contribution >= 0.6 is 22.9 Å². The van der Waals surface area contributed by atoms with Crippen LogP contribution < -0.4 is 5.32 Å². The van der Waals surface area contributed by atoms with E-state index in [0.717, 1.165) is 17.4 Å². The number of halogens is 1. The predicted octanol–water partition coefficient (Wildman–Crippen LogP) is 3.59. The summed E-state index contributed by atoms with van der Waals surface area (Å²) in [6.07, 6.45) is 1.21. The second-order valence-corrected chi connectivity index (χ2v) is 6.27. The second kappa shape index (κ2) is 7.37. The second-order valence-electron chi connectivity index (χ2n) is 4.47. The predicted molar refractivity (Wildman–Crippen MR) is 76.1 cm³/mol. The van der Waals surface area contributed by atoms with Crippen molar-refractivity contribution in [1.29, 1.82) is 0 Å². The van der Waals surface area contributed by atoms with E-state index in [-0.39, 0.29) is 6.10 Å². The van der Waals surface area contributed by atoms with Crippen LogP contribution in [0.1, 0.15) is 25.6 Å². The molecule has 98 valence electrons. The van der Waals surface area contributed by atoms with Crippen LogP contribution in [-0.2, 0) is 11.2 Å².